The summed E-state index contributed by atoms with van der Waals surface area (Å²) >= 11 is 0. The smallest absolute Gasteiger partial charge is 0.453 e. The quantitative estimate of drug-likeness (QED) is 0.415. The van der Waals surface area contributed by atoms with Gasteiger partial charge in [0.1, 0.15) is 0 Å². The average molecular weight is 234 g/mol. The molecule has 0 aliphatic heterocycles. The van der Waals surface area contributed by atoms with Crippen LogP contribution in [0.1, 0.15) is 26.2 Å². The monoisotopic (exact) mass is 234 g/mol. The molecular weight excluding hydrogens is 223 g/mol. The molecule has 0 fully saturated rings. The molecule has 0 rings (SSSR count). The summed E-state index contributed by atoms with van der Waals surface area (Å²) in [6.07, 6.45) is -7.36. The van der Waals surface area contributed by atoms with Gasteiger partial charge in [-0.05, 0) is 6.42 Å². The van der Waals surface area contributed by atoms with Gasteiger partial charge in [0.2, 0.25) is 0 Å². The Labute approximate surface area is 83.4 Å². The Bertz CT molecular complexity index is 212. The molecule has 0 N–H and O–H groups in total. The predicted octanol–water partition coefficient (Wildman–Crippen LogP) is 2.92. The van der Waals surface area contributed by atoms with Gasteiger partial charge in [0.15, 0.2) is 0 Å². The summed E-state index contributed by atoms with van der Waals surface area (Å²) in [5, 5.41) is 0. The SMILES string of the molecule is CCC(=O)OCCCC(F)(F)C(F)(F)F. The summed E-state index contributed by atoms with van der Waals surface area (Å²) in [7, 11) is 0. The fourth-order valence-corrected chi connectivity index (χ4v) is 0.724. The van der Waals surface area contributed by atoms with Crippen molar-refractivity contribution in [3.05, 3.63) is 0 Å². The molecule has 0 atom stereocenters. The van der Waals surface area contributed by atoms with Gasteiger partial charge in [-0.1, -0.05) is 6.92 Å². The van der Waals surface area contributed by atoms with E-state index in [0.717, 1.165) is 0 Å². The lowest BCUT2D eigenvalue weighted by atomic mass is 10.2. The van der Waals surface area contributed by atoms with Gasteiger partial charge in [-0.3, -0.25) is 4.79 Å². The number of esters is 1. The number of carbonyl (C=O) groups is 1. The normalized spacial score (nSPS) is 12.7. The first-order valence-electron chi connectivity index (χ1n) is 4.31. The highest BCUT2D eigenvalue weighted by Crippen LogP contribution is 2.38. The molecule has 7 heteroatoms. The van der Waals surface area contributed by atoms with E-state index in [1.54, 1.807) is 0 Å². The second-order valence-corrected chi connectivity index (χ2v) is 2.88. The maximum atomic E-state index is 12.3. The van der Waals surface area contributed by atoms with Crippen molar-refractivity contribution < 1.29 is 31.5 Å². The van der Waals surface area contributed by atoms with Crippen LogP contribution in [0.2, 0.25) is 0 Å². The minimum absolute atomic E-state index is 0.0651. The Hall–Kier alpha value is -0.880. The van der Waals surface area contributed by atoms with Crippen LogP contribution in [0.3, 0.4) is 0 Å². The minimum atomic E-state index is -5.54. The Morgan fingerprint density at radius 1 is 1.20 bits per heavy atom. The van der Waals surface area contributed by atoms with Crippen molar-refractivity contribution in [1.82, 2.24) is 0 Å². The maximum absolute atomic E-state index is 12.3. The highest BCUT2D eigenvalue weighted by Gasteiger charge is 2.56. The highest BCUT2D eigenvalue weighted by molar-refractivity contribution is 5.68. The third-order valence-electron chi connectivity index (χ3n) is 1.60. The molecule has 0 unspecified atom stereocenters. The van der Waals surface area contributed by atoms with E-state index in [1.165, 1.54) is 6.92 Å². The second kappa shape index (κ2) is 5.27. The van der Waals surface area contributed by atoms with Crippen molar-refractivity contribution in [2.75, 3.05) is 6.61 Å². The number of ether oxygens (including phenoxy) is 1. The molecule has 0 spiro atoms. The minimum Gasteiger partial charge on any atom is -0.466 e. The molecule has 0 saturated heterocycles. The molecule has 0 heterocycles. The van der Waals surface area contributed by atoms with Gasteiger partial charge in [0.05, 0.1) is 6.61 Å². The molecular formula is C8H11F5O2. The lowest BCUT2D eigenvalue weighted by Crippen LogP contribution is -2.36. The van der Waals surface area contributed by atoms with E-state index in [1.807, 2.05) is 0 Å². The highest BCUT2D eigenvalue weighted by atomic mass is 19.4. The molecule has 0 aromatic heterocycles. The van der Waals surface area contributed by atoms with Crippen LogP contribution in [0.25, 0.3) is 0 Å². The van der Waals surface area contributed by atoms with Gasteiger partial charge < -0.3 is 4.74 Å². The van der Waals surface area contributed by atoms with Gasteiger partial charge in [-0.25, -0.2) is 0 Å². The van der Waals surface area contributed by atoms with Gasteiger partial charge in [0, 0.05) is 12.8 Å². The standard InChI is InChI=1S/C8H11F5O2/c1-2-6(14)15-5-3-4-7(9,10)8(11,12)13/h2-5H2,1H3. The number of alkyl halides is 5. The molecule has 0 aromatic carbocycles. The third kappa shape index (κ3) is 4.94. The number of rotatable bonds is 5. The Morgan fingerprint density at radius 3 is 2.13 bits per heavy atom. The van der Waals surface area contributed by atoms with E-state index < -0.39 is 37.5 Å². The Morgan fingerprint density at radius 2 is 1.73 bits per heavy atom. The van der Waals surface area contributed by atoms with Crippen LogP contribution in [-0.4, -0.2) is 24.7 Å². The van der Waals surface area contributed by atoms with E-state index in [4.69, 9.17) is 0 Å². The topological polar surface area (TPSA) is 26.3 Å². The van der Waals surface area contributed by atoms with E-state index in [-0.39, 0.29) is 6.42 Å². The molecule has 90 valence electrons. The summed E-state index contributed by atoms with van der Waals surface area (Å²) in [6.45, 7) is 1.07. The lowest BCUT2D eigenvalue weighted by molar-refractivity contribution is -0.285. The van der Waals surface area contributed by atoms with Crippen molar-refractivity contribution in [3.8, 4) is 0 Å². The summed E-state index contributed by atoms with van der Waals surface area (Å²) in [6, 6.07) is 0. The van der Waals surface area contributed by atoms with Gasteiger partial charge in [-0.15, -0.1) is 0 Å². The summed E-state index contributed by atoms with van der Waals surface area (Å²) < 4.78 is 63.8. The van der Waals surface area contributed by atoms with Crippen LogP contribution in [0.5, 0.6) is 0 Å². The molecule has 0 bridgehead atoms. The van der Waals surface area contributed by atoms with E-state index >= 15 is 0 Å². The Kier molecular flexibility index (Phi) is 4.96. The van der Waals surface area contributed by atoms with Crippen LogP contribution < -0.4 is 0 Å². The number of hydrogen-bond donors (Lipinski definition) is 0. The van der Waals surface area contributed by atoms with Gasteiger partial charge in [-0.2, -0.15) is 22.0 Å². The zero-order valence-corrected chi connectivity index (χ0v) is 8.03. The molecule has 0 aromatic rings. The zero-order valence-electron chi connectivity index (χ0n) is 8.03. The largest absolute Gasteiger partial charge is 0.466 e. The molecule has 15 heavy (non-hydrogen) atoms. The molecule has 0 saturated carbocycles. The maximum Gasteiger partial charge on any atom is 0.453 e. The summed E-state index contributed by atoms with van der Waals surface area (Å²) in [4.78, 5) is 10.5. The van der Waals surface area contributed by atoms with Crippen molar-refractivity contribution in [2.45, 2.75) is 38.3 Å². The van der Waals surface area contributed by atoms with E-state index in [2.05, 4.69) is 4.74 Å². The Balaban J connectivity index is 3.82. The summed E-state index contributed by atoms with van der Waals surface area (Å²) in [5.41, 5.74) is 0. The first-order chi connectivity index (χ1) is 6.70. The first-order valence-corrected chi connectivity index (χ1v) is 4.31. The number of halogens is 5. The number of hydrogen-bond acceptors (Lipinski definition) is 2. The van der Waals surface area contributed by atoms with Crippen LogP contribution in [-0.2, 0) is 9.53 Å². The van der Waals surface area contributed by atoms with Gasteiger partial charge >= 0.3 is 18.1 Å². The van der Waals surface area contributed by atoms with Crippen molar-refractivity contribution in [3.63, 3.8) is 0 Å². The molecule has 2 nitrogen and oxygen atoms in total. The summed E-state index contributed by atoms with van der Waals surface area (Å²) in [5.74, 6) is -5.34. The van der Waals surface area contributed by atoms with Crippen LogP contribution in [0.15, 0.2) is 0 Å². The molecule has 0 amide bonds. The van der Waals surface area contributed by atoms with Crippen molar-refractivity contribution >= 4 is 5.97 Å². The third-order valence-corrected chi connectivity index (χ3v) is 1.60. The zero-order chi connectivity index (χ0) is 12.1. The lowest BCUT2D eigenvalue weighted by Gasteiger charge is -2.19. The van der Waals surface area contributed by atoms with Crippen molar-refractivity contribution in [1.29, 1.82) is 0 Å². The van der Waals surface area contributed by atoms with Crippen molar-refractivity contribution in [2.24, 2.45) is 0 Å². The first kappa shape index (κ1) is 14.1. The van der Waals surface area contributed by atoms with Gasteiger partial charge in [0.25, 0.3) is 0 Å². The molecule has 0 aliphatic carbocycles. The second-order valence-electron chi connectivity index (χ2n) is 2.88. The fourth-order valence-electron chi connectivity index (χ4n) is 0.724. The molecule has 0 aliphatic rings. The average Bonchev–Trinajstić information content (AvgIpc) is 2.10. The molecule has 0 radical (unpaired) electrons. The van der Waals surface area contributed by atoms with E-state index in [0.29, 0.717) is 0 Å². The van der Waals surface area contributed by atoms with E-state index in [9.17, 15) is 26.7 Å². The number of carbonyl (C=O) groups excluding carboxylic acids is 1. The van der Waals surface area contributed by atoms with Crippen LogP contribution in [0.4, 0.5) is 22.0 Å². The predicted molar refractivity (Wildman–Crippen MR) is 41.5 cm³/mol. The van der Waals surface area contributed by atoms with Crippen LogP contribution in [0, 0.1) is 0 Å². The van der Waals surface area contributed by atoms with Crippen LogP contribution >= 0.6 is 0 Å². The fraction of sp³-hybridized carbons (Fsp3) is 0.875.